The molecule has 0 saturated carbocycles. The Kier molecular flexibility index (Phi) is 8.23. The molecule has 1 unspecified atom stereocenters. The summed E-state index contributed by atoms with van der Waals surface area (Å²) in [5.41, 5.74) is 0. The van der Waals surface area contributed by atoms with Gasteiger partial charge in [0.05, 0.1) is 16.8 Å². The van der Waals surface area contributed by atoms with Crippen LogP contribution in [0.2, 0.25) is 10.0 Å². The van der Waals surface area contributed by atoms with E-state index < -0.39 is 0 Å². The predicted octanol–water partition coefficient (Wildman–Crippen LogP) is 3.80. The highest BCUT2D eigenvalue weighted by molar-refractivity contribution is 8.00. The second-order valence-corrected chi connectivity index (χ2v) is 7.32. The molecule has 0 aliphatic carbocycles. The molecule has 23 heavy (non-hydrogen) atoms. The van der Waals surface area contributed by atoms with E-state index in [2.05, 4.69) is 0 Å². The van der Waals surface area contributed by atoms with Crippen LogP contribution in [0, 0.1) is 0 Å². The van der Waals surface area contributed by atoms with Crippen LogP contribution in [-0.2, 0) is 9.59 Å². The maximum atomic E-state index is 12.4. The Hall–Kier alpha value is -0.910. The second-order valence-electron chi connectivity index (χ2n) is 5.10. The van der Waals surface area contributed by atoms with Gasteiger partial charge in [-0.15, -0.1) is 11.8 Å². The number of hydrogen-bond acceptors (Lipinski definition) is 3. The van der Waals surface area contributed by atoms with Crippen molar-refractivity contribution in [2.75, 3.05) is 26.7 Å². The molecule has 0 aliphatic rings. The maximum Gasteiger partial charge on any atom is 0.242 e. The summed E-state index contributed by atoms with van der Waals surface area (Å²) in [7, 11) is 1.64. The van der Waals surface area contributed by atoms with Crippen molar-refractivity contribution in [1.82, 2.24) is 9.80 Å². The number of carbonyl (C=O) groups is 2. The minimum absolute atomic E-state index is 0.0520. The van der Waals surface area contributed by atoms with E-state index >= 15 is 0 Å². The summed E-state index contributed by atoms with van der Waals surface area (Å²) < 4.78 is 0. The molecule has 0 N–H and O–H groups in total. The molecule has 7 heteroatoms. The zero-order valence-electron chi connectivity index (χ0n) is 13.8. The molecule has 1 aromatic carbocycles. The topological polar surface area (TPSA) is 40.6 Å². The summed E-state index contributed by atoms with van der Waals surface area (Å²) in [6.45, 7) is 6.99. The normalized spacial score (nSPS) is 11.9. The summed E-state index contributed by atoms with van der Waals surface area (Å²) in [4.78, 5) is 28.4. The highest BCUT2D eigenvalue weighted by Crippen LogP contribution is 2.33. The van der Waals surface area contributed by atoms with Gasteiger partial charge < -0.3 is 9.80 Å². The number of halogens is 2. The van der Waals surface area contributed by atoms with Gasteiger partial charge in [0.2, 0.25) is 11.8 Å². The van der Waals surface area contributed by atoms with Gasteiger partial charge in [0.1, 0.15) is 0 Å². The Bertz CT molecular complexity index is 565. The van der Waals surface area contributed by atoms with Gasteiger partial charge in [0, 0.05) is 30.1 Å². The minimum Gasteiger partial charge on any atom is -0.342 e. The number of rotatable bonds is 7. The monoisotopic (exact) mass is 376 g/mol. The Morgan fingerprint density at radius 3 is 2.39 bits per heavy atom. The van der Waals surface area contributed by atoms with Crippen LogP contribution in [0.4, 0.5) is 0 Å². The first-order valence-electron chi connectivity index (χ1n) is 7.44. The van der Waals surface area contributed by atoms with E-state index in [1.165, 1.54) is 16.7 Å². The molecule has 2 amide bonds. The summed E-state index contributed by atoms with van der Waals surface area (Å²) in [5.74, 6) is -0.171. The van der Waals surface area contributed by atoms with E-state index in [9.17, 15) is 9.59 Å². The molecule has 0 saturated heterocycles. The van der Waals surface area contributed by atoms with Gasteiger partial charge in [-0.25, -0.2) is 0 Å². The van der Waals surface area contributed by atoms with E-state index in [1.807, 2.05) is 13.8 Å². The summed E-state index contributed by atoms with van der Waals surface area (Å²) in [5, 5.41) is 0.767. The van der Waals surface area contributed by atoms with Crippen LogP contribution in [0.5, 0.6) is 0 Å². The van der Waals surface area contributed by atoms with E-state index in [4.69, 9.17) is 23.2 Å². The first-order valence-corrected chi connectivity index (χ1v) is 9.08. The molecular weight excluding hydrogens is 355 g/mol. The van der Waals surface area contributed by atoms with Crippen molar-refractivity contribution in [3.8, 4) is 0 Å². The Labute approximate surface area is 152 Å². The van der Waals surface area contributed by atoms with Gasteiger partial charge in [-0.1, -0.05) is 23.2 Å². The number of benzene rings is 1. The first-order chi connectivity index (χ1) is 10.8. The van der Waals surface area contributed by atoms with Crippen molar-refractivity contribution < 1.29 is 9.59 Å². The number of thioether (sulfide) groups is 1. The zero-order chi connectivity index (χ0) is 17.6. The van der Waals surface area contributed by atoms with Gasteiger partial charge in [-0.05, 0) is 39.0 Å². The lowest BCUT2D eigenvalue weighted by Crippen LogP contribution is -2.43. The van der Waals surface area contributed by atoms with E-state index in [0.29, 0.717) is 23.1 Å². The molecule has 1 aromatic rings. The second kappa shape index (κ2) is 9.40. The quantitative estimate of drug-likeness (QED) is 0.679. The van der Waals surface area contributed by atoms with Crippen LogP contribution in [0.3, 0.4) is 0 Å². The van der Waals surface area contributed by atoms with Crippen molar-refractivity contribution in [3.63, 3.8) is 0 Å². The van der Waals surface area contributed by atoms with Crippen LogP contribution >= 0.6 is 35.0 Å². The average Bonchev–Trinajstić information content (AvgIpc) is 2.51. The molecular formula is C16H22Cl2N2O2S. The van der Waals surface area contributed by atoms with E-state index in [-0.39, 0.29) is 23.6 Å². The number of amides is 2. The van der Waals surface area contributed by atoms with Gasteiger partial charge in [0.15, 0.2) is 0 Å². The highest BCUT2D eigenvalue weighted by Gasteiger charge is 2.22. The van der Waals surface area contributed by atoms with Crippen LogP contribution < -0.4 is 0 Å². The van der Waals surface area contributed by atoms with Crippen LogP contribution in [0.15, 0.2) is 23.1 Å². The molecule has 0 aliphatic heterocycles. The molecule has 128 valence electrons. The lowest BCUT2D eigenvalue weighted by molar-refractivity contribution is -0.138. The molecule has 1 atom stereocenters. The predicted molar refractivity (Wildman–Crippen MR) is 97.3 cm³/mol. The lowest BCUT2D eigenvalue weighted by atomic mass is 10.3. The number of nitrogens with zero attached hydrogens (tertiary/aromatic N) is 2. The molecule has 0 bridgehead atoms. The molecule has 0 radical (unpaired) electrons. The Morgan fingerprint density at radius 2 is 1.83 bits per heavy atom. The zero-order valence-corrected chi connectivity index (χ0v) is 16.1. The van der Waals surface area contributed by atoms with Crippen LogP contribution in [0.25, 0.3) is 0 Å². The van der Waals surface area contributed by atoms with E-state index in [0.717, 1.165) is 4.90 Å². The molecule has 1 rings (SSSR count). The SMILES string of the molecule is CCN(CC)C(=O)CN(C)C(=O)C(C)Sc1cc(Cl)ccc1Cl. The first kappa shape index (κ1) is 20.1. The third kappa shape index (κ3) is 5.90. The number of hydrogen-bond donors (Lipinski definition) is 0. The fraction of sp³-hybridized carbons (Fsp3) is 0.500. The van der Waals surface area contributed by atoms with Gasteiger partial charge in [0.25, 0.3) is 0 Å². The fourth-order valence-corrected chi connectivity index (χ4v) is 3.60. The smallest absolute Gasteiger partial charge is 0.242 e. The molecule has 4 nitrogen and oxygen atoms in total. The van der Waals surface area contributed by atoms with Crippen LogP contribution in [0.1, 0.15) is 20.8 Å². The summed E-state index contributed by atoms with van der Waals surface area (Å²) >= 11 is 13.4. The summed E-state index contributed by atoms with van der Waals surface area (Å²) in [6, 6.07) is 5.14. The minimum atomic E-state index is -0.361. The van der Waals surface area contributed by atoms with Gasteiger partial charge in [-0.3, -0.25) is 9.59 Å². The molecule has 0 spiro atoms. The molecule has 0 aromatic heterocycles. The largest absolute Gasteiger partial charge is 0.342 e. The molecule has 0 heterocycles. The number of likely N-dealkylation sites (N-methyl/N-ethyl adjacent to an activating group) is 2. The van der Waals surface area contributed by atoms with E-state index in [1.54, 1.807) is 37.1 Å². The van der Waals surface area contributed by atoms with Gasteiger partial charge in [-0.2, -0.15) is 0 Å². The van der Waals surface area contributed by atoms with Crippen LogP contribution in [-0.4, -0.2) is 53.5 Å². The number of carbonyl (C=O) groups excluding carboxylic acids is 2. The van der Waals surface area contributed by atoms with Crippen molar-refractivity contribution in [2.24, 2.45) is 0 Å². The van der Waals surface area contributed by atoms with Crippen molar-refractivity contribution >= 4 is 46.8 Å². The Balaban J connectivity index is 2.68. The molecule has 0 fully saturated rings. The van der Waals surface area contributed by atoms with Crippen molar-refractivity contribution in [3.05, 3.63) is 28.2 Å². The van der Waals surface area contributed by atoms with Crippen molar-refractivity contribution in [1.29, 1.82) is 0 Å². The standard InChI is InChI=1S/C16H22Cl2N2O2S/c1-5-20(6-2)15(21)10-19(4)16(22)11(3)23-14-9-12(17)7-8-13(14)18/h7-9,11H,5-6,10H2,1-4H3. The third-order valence-electron chi connectivity index (χ3n) is 3.41. The highest BCUT2D eigenvalue weighted by atomic mass is 35.5. The van der Waals surface area contributed by atoms with Gasteiger partial charge >= 0.3 is 0 Å². The third-order valence-corrected chi connectivity index (χ3v) is 5.23. The Morgan fingerprint density at radius 1 is 1.22 bits per heavy atom. The lowest BCUT2D eigenvalue weighted by Gasteiger charge is -2.25. The average molecular weight is 377 g/mol. The summed E-state index contributed by atoms with van der Waals surface area (Å²) in [6.07, 6.45) is 0. The van der Waals surface area contributed by atoms with Crippen molar-refractivity contribution in [2.45, 2.75) is 30.9 Å². The fourth-order valence-electron chi connectivity index (χ4n) is 2.08. The maximum absolute atomic E-state index is 12.4.